The molecule has 0 bridgehead atoms. The first-order valence-electron chi connectivity index (χ1n) is 4.12. The number of hydrogen-bond donors (Lipinski definition) is 1. The van der Waals surface area contributed by atoms with Gasteiger partial charge in [0.1, 0.15) is 6.29 Å². The highest BCUT2D eigenvalue weighted by atomic mass is 16.1. The van der Waals surface area contributed by atoms with E-state index in [4.69, 9.17) is 0 Å². The number of carbonyl (C=O) groups excluding carboxylic acids is 1. The zero-order valence-corrected chi connectivity index (χ0v) is 6.89. The molecule has 10 heavy (non-hydrogen) atoms. The number of piperidine rings is 1. The fourth-order valence-corrected chi connectivity index (χ4v) is 0.995. The average molecular weight is 143 g/mol. The number of nitrogens with one attached hydrogen (secondary N) is 1. The van der Waals surface area contributed by atoms with Gasteiger partial charge in [-0.2, -0.15) is 0 Å². The molecule has 1 fully saturated rings. The van der Waals surface area contributed by atoms with Crippen LogP contribution in [0.5, 0.6) is 0 Å². The summed E-state index contributed by atoms with van der Waals surface area (Å²) in [4.78, 5) is 10.1. The Balaban J connectivity index is 0.000000371. The van der Waals surface area contributed by atoms with E-state index in [2.05, 4.69) is 5.32 Å². The van der Waals surface area contributed by atoms with E-state index in [-0.39, 0.29) is 6.04 Å². The zero-order chi connectivity index (χ0) is 7.82. The molecule has 1 rings (SSSR count). The summed E-state index contributed by atoms with van der Waals surface area (Å²) >= 11 is 0. The summed E-state index contributed by atoms with van der Waals surface area (Å²) in [5.41, 5.74) is 0. The van der Waals surface area contributed by atoms with Crippen molar-refractivity contribution in [1.82, 2.24) is 5.32 Å². The molecule has 1 N–H and O–H groups in total. The molecule has 0 aromatic carbocycles. The summed E-state index contributed by atoms with van der Waals surface area (Å²) < 4.78 is 0. The monoisotopic (exact) mass is 143 g/mol. The molecule has 2 nitrogen and oxygen atoms in total. The Kier molecular flexibility index (Phi) is 6.50. The third-order valence-electron chi connectivity index (χ3n) is 1.51. The van der Waals surface area contributed by atoms with Gasteiger partial charge in [-0.3, -0.25) is 0 Å². The number of carbonyl (C=O) groups is 1. The third-order valence-corrected chi connectivity index (χ3v) is 1.51. The first-order chi connectivity index (χ1) is 4.93. The van der Waals surface area contributed by atoms with Gasteiger partial charge in [0.25, 0.3) is 0 Å². The Morgan fingerprint density at radius 1 is 1.40 bits per heavy atom. The van der Waals surface area contributed by atoms with Crippen LogP contribution in [0, 0.1) is 0 Å². The minimum atomic E-state index is 0.156. The molecule has 60 valence electrons. The van der Waals surface area contributed by atoms with Crippen LogP contribution in [0.15, 0.2) is 0 Å². The molecule has 0 aromatic heterocycles. The van der Waals surface area contributed by atoms with Crippen LogP contribution in [0.4, 0.5) is 0 Å². The molecule has 1 aliphatic heterocycles. The quantitative estimate of drug-likeness (QED) is 0.561. The molecule has 1 heterocycles. The fourth-order valence-electron chi connectivity index (χ4n) is 0.995. The van der Waals surface area contributed by atoms with Crippen LogP contribution < -0.4 is 5.32 Å². The van der Waals surface area contributed by atoms with E-state index in [1.807, 2.05) is 13.8 Å². The first-order valence-corrected chi connectivity index (χ1v) is 4.12. The van der Waals surface area contributed by atoms with Crippen molar-refractivity contribution in [3.8, 4) is 0 Å². The van der Waals surface area contributed by atoms with Crippen molar-refractivity contribution in [3.05, 3.63) is 0 Å². The maximum Gasteiger partial charge on any atom is 0.136 e. The number of rotatable bonds is 1. The van der Waals surface area contributed by atoms with Gasteiger partial charge in [-0.1, -0.05) is 20.3 Å². The summed E-state index contributed by atoms with van der Waals surface area (Å²) in [6, 6.07) is 0.156. The molecule has 0 aromatic rings. The van der Waals surface area contributed by atoms with Crippen LogP contribution in [0.2, 0.25) is 0 Å². The molecule has 0 radical (unpaired) electrons. The highest BCUT2D eigenvalue weighted by Gasteiger charge is 2.09. The lowest BCUT2D eigenvalue weighted by molar-refractivity contribution is -0.110. The van der Waals surface area contributed by atoms with Gasteiger partial charge >= 0.3 is 0 Å². The second-order valence-electron chi connectivity index (χ2n) is 2.19. The molecule has 2 heteroatoms. The van der Waals surface area contributed by atoms with Gasteiger partial charge in [0.05, 0.1) is 6.04 Å². The lowest BCUT2D eigenvalue weighted by Crippen LogP contribution is -2.34. The van der Waals surface area contributed by atoms with Crippen molar-refractivity contribution in [1.29, 1.82) is 0 Å². The highest BCUT2D eigenvalue weighted by molar-refractivity contribution is 5.57. The highest BCUT2D eigenvalue weighted by Crippen LogP contribution is 2.03. The van der Waals surface area contributed by atoms with Gasteiger partial charge in [0, 0.05) is 0 Å². The Bertz CT molecular complexity index is 77.3. The van der Waals surface area contributed by atoms with E-state index < -0.39 is 0 Å². The smallest absolute Gasteiger partial charge is 0.136 e. The van der Waals surface area contributed by atoms with E-state index >= 15 is 0 Å². The lowest BCUT2D eigenvalue weighted by Gasteiger charge is -2.17. The van der Waals surface area contributed by atoms with E-state index in [1.165, 1.54) is 12.8 Å². The first kappa shape index (κ1) is 9.63. The normalized spacial score (nSPS) is 24.4. The predicted molar refractivity (Wildman–Crippen MR) is 43.1 cm³/mol. The minimum Gasteiger partial charge on any atom is -0.308 e. The Hall–Kier alpha value is -0.370. The van der Waals surface area contributed by atoms with Crippen molar-refractivity contribution in [2.24, 2.45) is 0 Å². The summed E-state index contributed by atoms with van der Waals surface area (Å²) in [7, 11) is 0. The SMILES string of the molecule is CC.O=CC1CCCCN1. The van der Waals surface area contributed by atoms with E-state index in [9.17, 15) is 4.79 Å². The minimum absolute atomic E-state index is 0.156. The van der Waals surface area contributed by atoms with Crippen LogP contribution >= 0.6 is 0 Å². The van der Waals surface area contributed by atoms with Gasteiger partial charge in [-0.25, -0.2) is 0 Å². The molecular weight excluding hydrogens is 126 g/mol. The van der Waals surface area contributed by atoms with Gasteiger partial charge in [-0.15, -0.1) is 0 Å². The molecule has 0 spiro atoms. The van der Waals surface area contributed by atoms with E-state index in [0.717, 1.165) is 19.3 Å². The predicted octanol–water partition coefficient (Wildman–Crippen LogP) is 1.35. The van der Waals surface area contributed by atoms with Crippen molar-refractivity contribution in [3.63, 3.8) is 0 Å². The molecule has 0 saturated carbocycles. The summed E-state index contributed by atoms with van der Waals surface area (Å²) in [5, 5.41) is 3.10. The summed E-state index contributed by atoms with van der Waals surface area (Å²) in [5.74, 6) is 0. The molecular formula is C8H17NO. The molecule has 1 atom stereocenters. The Morgan fingerprint density at radius 2 is 2.10 bits per heavy atom. The van der Waals surface area contributed by atoms with E-state index in [0.29, 0.717) is 0 Å². The van der Waals surface area contributed by atoms with Gasteiger partial charge < -0.3 is 10.1 Å². The summed E-state index contributed by atoms with van der Waals surface area (Å²) in [6.45, 7) is 5.02. The van der Waals surface area contributed by atoms with E-state index in [1.54, 1.807) is 0 Å². The van der Waals surface area contributed by atoms with Crippen LogP contribution in [0.25, 0.3) is 0 Å². The van der Waals surface area contributed by atoms with Gasteiger partial charge in [0.2, 0.25) is 0 Å². The maximum atomic E-state index is 10.1. The molecule has 1 saturated heterocycles. The van der Waals surface area contributed by atoms with Crippen molar-refractivity contribution in [2.75, 3.05) is 6.54 Å². The molecule has 0 amide bonds. The third kappa shape index (κ3) is 3.62. The Morgan fingerprint density at radius 3 is 2.40 bits per heavy atom. The summed E-state index contributed by atoms with van der Waals surface area (Å²) in [6.07, 6.45) is 4.46. The standard InChI is InChI=1S/C6H11NO.C2H6/c8-5-6-3-1-2-4-7-6;1-2/h5-7H,1-4H2;1-2H3. The molecule has 1 unspecified atom stereocenters. The number of aldehydes is 1. The van der Waals surface area contributed by atoms with Crippen molar-refractivity contribution < 1.29 is 4.79 Å². The molecule has 0 aliphatic carbocycles. The van der Waals surface area contributed by atoms with Crippen LogP contribution in [-0.2, 0) is 4.79 Å². The number of hydrogen-bond acceptors (Lipinski definition) is 2. The second kappa shape index (κ2) is 6.75. The van der Waals surface area contributed by atoms with Crippen LogP contribution in [0.3, 0.4) is 0 Å². The average Bonchev–Trinajstić information content (AvgIpc) is 2.10. The zero-order valence-electron chi connectivity index (χ0n) is 6.89. The van der Waals surface area contributed by atoms with Crippen LogP contribution in [0.1, 0.15) is 33.1 Å². The van der Waals surface area contributed by atoms with Gasteiger partial charge in [0.15, 0.2) is 0 Å². The lowest BCUT2D eigenvalue weighted by atomic mass is 10.1. The van der Waals surface area contributed by atoms with Crippen molar-refractivity contribution in [2.45, 2.75) is 39.2 Å². The molecule has 1 aliphatic rings. The second-order valence-corrected chi connectivity index (χ2v) is 2.19. The maximum absolute atomic E-state index is 10.1. The topological polar surface area (TPSA) is 29.1 Å². The fraction of sp³-hybridized carbons (Fsp3) is 0.875. The Labute approximate surface area is 63.0 Å². The largest absolute Gasteiger partial charge is 0.308 e. The van der Waals surface area contributed by atoms with Crippen molar-refractivity contribution >= 4 is 6.29 Å². The van der Waals surface area contributed by atoms with Gasteiger partial charge in [-0.05, 0) is 19.4 Å². The van der Waals surface area contributed by atoms with Crippen LogP contribution in [-0.4, -0.2) is 18.9 Å².